The normalized spacial score (nSPS) is 17.5. The van der Waals surface area contributed by atoms with Crippen molar-refractivity contribution >= 4 is 37.5 Å². The van der Waals surface area contributed by atoms with E-state index in [0.717, 1.165) is 29.7 Å². The number of fused-ring (bicyclic) bond motifs is 3. The van der Waals surface area contributed by atoms with E-state index in [9.17, 15) is 23.1 Å². The van der Waals surface area contributed by atoms with E-state index in [-0.39, 0.29) is 22.9 Å². The standard InChI is InChI=1S/C23H27N3O7S2/c1-12-4-9-16-17(10-12)34-22-19(16)21(28)24-18(25-22)11-33-23(29)20(13(2)27)26-35(30,31)15-7-5-14(32-3)6-8-15/h5-8,12-13,20,26-27H,4,9-11H2,1-3H3,(H,24,25,28)/t12-,13-,20-/m1/s1. The number of nitrogens with zero attached hydrogens (tertiary/aromatic N) is 1. The molecular formula is C23H27N3O7S2. The van der Waals surface area contributed by atoms with Gasteiger partial charge in [-0.2, -0.15) is 4.72 Å². The molecule has 0 unspecified atom stereocenters. The fourth-order valence-corrected chi connectivity index (χ4v) is 6.68. The van der Waals surface area contributed by atoms with E-state index >= 15 is 0 Å². The molecule has 1 aromatic carbocycles. The van der Waals surface area contributed by atoms with Gasteiger partial charge in [-0.05, 0) is 61.9 Å². The van der Waals surface area contributed by atoms with Crippen LogP contribution in [0, 0.1) is 5.92 Å². The van der Waals surface area contributed by atoms with Crippen LogP contribution in [0.1, 0.15) is 36.5 Å². The predicted octanol–water partition coefficient (Wildman–Crippen LogP) is 1.89. The number of thiophene rings is 1. The molecule has 0 aliphatic heterocycles. The van der Waals surface area contributed by atoms with E-state index in [1.54, 1.807) is 0 Å². The number of aliphatic hydroxyl groups excluding tert-OH is 1. The number of carbonyl (C=O) groups excluding carboxylic acids is 1. The van der Waals surface area contributed by atoms with Gasteiger partial charge >= 0.3 is 5.97 Å². The highest BCUT2D eigenvalue weighted by molar-refractivity contribution is 7.89. The number of ether oxygens (including phenoxy) is 2. The van der Waals surface area contributed by atoms with Gasteiger partial charge < -0.3 is 19.6 Å². The molecule has 10 nitrogen and oxygen atoms in total. The first kappa shape index (κ1) is 25.3. The number of hydrogen-bond acceptors (Lipinski definition) is 9. The number of hydrogen-bond donors (Lipinski definition) is 3. The molecule has 12 heteroatoms. The van der Waals surface area contributed by atoms with Gasteiger partial charge in [0, 0.05) is 4.88 Å². The molecular weight excluding hydrogens is 494 g/mol. The van der Waals surface area contributed by atoms with Gasteiger partial charge in [0.2, 0.25) is 10.0 Å². The maximum Gasteiger partial charge on any atom is 0.327 e. The Hall–Kier alpha value is -2.80. The topological polar surface area (TPSA) is 148 Å². The largest absolute Gasteiger partial charge is 0.497 e. The minimum atomic E-state index is -4.14. The van der Waals surface area contributed by atoms with Crippen molar-refractivity contribution in [1.29, 1.82) is 0 Å². The number of methoxy groups -OCH3 is 1. The highest BCUT2D eigenvalue weighted by atomic mass is 32.2. The molecule has 1 aliphatic rings. The van der Waals surface area contributed by atoms with E-state index in [1.165, 1.54) is 49.6 Å². The minimum absolute atomic E-state index is 0.107. The van der Waals surface area contributed by atoms with Crippen LogP contribution < -0.4 is 15.0 Å². The third kappa shape index (κ3) is 5.40. The van der Waals surface area contributed by atoms with Gasteiger partial charge in [0.15, 0.2) is 0 Å². The van der Waals surface area contributed by atoms with Crippen molar-refractivity contribution in [3.63, 3.8) is 0 Å². The van der Waals surface area contributed by atoms with Gasteiger partial charge in [0.25, 0.3) is 5.56 Å². The summed E-state index contributed by atoms with van der Waals surface area (Å²) in [7, 11) is -2.69. The maximum absolute atomic E-state index is 12.7. The monoisotopic (exact) mass is 521 g/mol. The number of aliphatic hydroxyl groups is 1. The van der Waals surface area contributed by atoms with Crippen LogP contribution in [0.2, 0.25) is 0 Å². The summed E-state index contributed by atoms with van der Waals surface area (Å²) in [6.45, 7) is 3.07. The summed E-state index contributed by atoms with van der Waals surface area (Å²) in [6.07, 6.45) is 1.38. The highest BCUT2D eigenvalue weighted by Crippen LogP contribution is 2.35. The Morgan fingerprint density at radius 3 is 2.71 bits per heavy atom. The highest BCUT2D eigenvalue weighted by Gasteiger charge is 2.31. The van der Waals surface area contributed by atoms with Crippen molar-refractivity contribution in [2.24, 2.45) is 5.92 Å². The summed E-state index contributed by atoms with van der Waals surface area (Å²) in [5.41, 5.74) is 0.753. The Kier molecular flexibility index (Phi) is 7.27. The summed E-state index contributed by atoms with van der Waals surface area (Å²) in [5.74, 6) is 0.160. The Balaban J connectivity index is 1.49. The SMILES string of the molecule is COc1ccc(S(=O)(=O)N[C@@H](C(=O)OCc2nc3sc4c(c3c(=O)[nH]2)CC[C@@H](C)C4)[C@@H](C)O)cc1. The number of nitrogens with one attached hydrogen (secondary N) is 2. The molecule has 1 aliphatic carbocycles. The average molecular weight is 522 g/mol. The fourth-order valence-electron chi connectivity index (χ4n) is 4.02. The number of aryl methyl sites for hydroxylation is 1. The van der Waals surface area contributed by atoms with Crippen LogP contribution in [0.4, 0.5) is 0 Å². The van der Waals surface area contributed by atoms with Crippen molar-refractivity contribution in [3.8, 4) is 5.75 Å². The van der Waals surface area contributed by atoms with E-state index in [4.69, 9.17) is 9.47 Å². The Morgan fingerprint density at radius 2 is 2.06 bits per heavy atom. The zero-order valence-electron chi connectivity index (χ0n) is 19.5. The molecule has 0 saturated heterocycles. The smallest absolute Gasteiger partial charge is 0.327 e. The first-order chi connectivity index (χ1) is 16.6. The number of H-pyrrole nitrogens is 1. The third-order valence-corrected chi connectivity index (χ3v) is 8.56. The molecule has 0 amide bonds. The lowest BCUT2D eigenvalue weighted by Crippen LogP contribution is -2.48. The van der Waals surface area contributed by atoms with E-state index in [0.29, 0.717) is 21.9 Å². The average Bonchev–Trinajstić information content (AvgIpc) is 3.18. The minimum Gasteiger partial charge on any atom is -0.497 e. The first-order valence-electron chi connectivity index (χ1n) is 11.1. The quantitative estimate of drug-likeness (QED) is 0.381. The van der Waals surface area contributed by atoms with Crippen LogP contribution in [0.5, 0.6) is 5.75 Å². The molecule has 3 atom stereocenters. The van der Waals surface area contributed by atoms with Gasteiger partial charge in [0.1, 0.15) is 29.1 Å². The summed E-state index contributed by atoms with van der Waals surface area (Å²) < 4.78 is 37.8. The van der Waals surface area contributed by atoms with Crippen LogP contribution in [-0.4, -0.2) is 48.7 Å². The van der Waals surface area contributed by atoms with Crippen LogP contribution in [0.15, 0.2) is 34.0 Å². The molecule has 0 saturated carbocycles. The molecule has 2 aromatic heterocycles. The zero-order chi connectivity index (χ0) is 25.3. The van der Waals surface area contributed by atoms with Crippen molar-refractivity contribution in [3.05, 3.63) is 50.9 Å². The molecule has 4 rings (SSSR count). The zero-order valence-corrected chi connectivity index (χ0v) is 21.2. The molecule has 0 fully saturated rings. The van der Waals surface area contributed by atoms with Crippen molar-refractivity contribution in [2.75, 3.05) is 7.11 Å². The van der Waals surface area contributed by atoms with Crippen molar-refractivity contribution in [1.82, 2.24) is 14.7 Å². The maximum atomic E-state index is 12.7. The second-order valence-electron chi connectivity index (χ2n) is 8.67. The van der Waals surface area contributed by atoms with E-state index < -0.39 is 28.1 Å². The molecule has 3 aromatic rings. The van der Waals surface area contributed by atoms with Gasteiger partial charge in [-0.1, -0.05) is 6.92 Å². The molecule has 35 heavy (non-hydrogen) atoms. The number of benzene rings is 1. The number of rotatable bonds is 8. The molecule has 188 valence electrons. The second kappa shape index (κ2) is 10.1. The Morgan fingerprint density at radius 1 is 1.34 bits per heavy atom. The predicted molar refractivity (Wildman–Crippen MR) is 130 cm³/mol. The molecule has 3 N–H and O–H groups in total. The fraction of sp³-hybridized carbons (Fsp3) is 0.435. The number of carbonyl (C=O) groups is 1. The Bertz CT molecular complexity index is 1390. The summed E-state index contributed by atoms with van der Waals surface area (Å²) in [6, 6.07) is 4.00. The summed E-state index contributed by atoms with van der Waals surface area (Å²) in [4.78, 5) is 34.1. The third-order valence-electron chi connectivity index (χ3n) is 5.95. The number of aromatic nitrogens is 2. The van der Waals surface area contributed by atoms with Crippen molar-refractivity contribution in [2.45, 2.75) is 56.8 Å². The van der Waals surface area contributed by atoms with E-state index in [2.05, 4.69) is 21.6 Å². The number of esters is 1. The first-order valence-corrected chi connectivity index (χ1v) is 13.4. The molecule has 0 spiro atoms. The van der Waals surface area contributed by atoms with Gasteiger partial charge in [-0.15, -0.1) is 11.3 Å². The van der Waals surface area contributed by atoms with Gasteiger partial charge in [0.05, 0.1) is 23.5 Å². The van der Waals surface area contributed by atoms with Crippen LogP contribution >= 0.6 is 11.3 Å². The summed E-state index contributed by atoms with van der Waals surface area (Å²) >= 11 is 1.47. The van der Waals surface area contributed by atoms with Crippen LogP contribution in [-0.2, 0) is 39.0 Å². The summed E-state index contributed by atoms with van der Waals surface area (Å²) in [5, 5.41) is 10.6. The second-order valence-corrected chi connectivity index (χ2v) is 11.5. The number of aromatic amines is 1. The molecule has 0 bridgehead atoms. The lowest BCUT2D eigenvalue weighted by atomic mass is 9.89. The van der Waals surface area contributed by atoms with Crippen molar-refractivity contribution < 1.29 is 27.8 Å². The van der Waals surface area contributed by atoms with Crippen LogP contribution in [0.3, 0.4) is 0 Å². The lowest BCUT2D eigenvalue weighted by molar-refractivity contribution is -0.149. The molecule has 2 heterocycles. The Labute approximate surface area is 206 Å². The lowest BCUT2D eigenvalue weighted by Gasteiger charge is -2.20. The van der Waals surface area contributed by atoms with Crippen LogP contribution in [0.25, 0.3) is 10.2 Å². The van der Waals surface area contributed by atoms with Gasteiger partial charge in [-0.25, -0.2) is 13.4 Å². The molecule has 0 radical (unpaired) electrons. The van der Waals surface area contributed by atoms with Gasteiger partial charge in [-0.3, -0.25) is 9.59 Å². The number of sulfonamides is 1. The van der Waals surface area contributed by atoms with E-state index in [1.807, 2.05) is 0 Å².